The monoisotopic (exact) mass is 257 g/mol. The zero-order valence-electron chi connectivity index (χ0n) is 9.62. The summed E-state index contributed by atoms with van der Waals surface area (Å²) in [6.45, 7) is 0. The predicted octanol–water partition coefficient (Wildman–Crippen LogP) is 2.64. The first-order valence-corrected chi connectivity index (χ1v) is 5.47. The molecule has 0 radical (unpaired) electrons. The molecule has 3 aromatic rings. The first-order valence-electron chi connectivity index (χ1n) is 5.47. The van der Waals surface area contributed by atoms with Crippen molar-refractivity contribution in [3.05, 3.63) is 48.5 Å². The van der Waals surface area contributed by atoms with Crippen molar-refractivity contribution in [3.63, 3.8) is 0 Å². The maximum Gasteiger partial charge on any atom is 0.262 e. The van der Waals surface area contributed by atoms with Gasteiger partial charge in [0.1, 0.15) is 11.6 Å². The summed E-state index contributed by atoms with van der Waals surface area (Å²) in [6, 6.07) is 7.12. The third-order valence-corrected chi connectivity index (χ3v) is 2.54. The molecule has 0 aliphatic carbocycles. The Morgan fingerprint density at radius 2 is 2.11 bits per heavy atom. The highest BCUT2D eigenvalue weighted by molar-refractivity contribution is 5.64. The van der Waals surface area contributed by atoms with Crippen LogP contribution in [0.1, 0.15) is 0 Å². The predicted molar refractivity (Wildman–Crippen MR) is 64.6 cm³/mol. The van der Waals surface area contributed by atoms with Gasteiger partial charge in [-0.2, -0.15) is 4.98 Å². The zero-order valence-corrected chi connectivity index (χ0v) is 9.62. The molecule has 2 aromatic heterocycles. The Labute approximate surface area is 107 Å². The Kier molecular flexibility index (Phi) is 2.68. The van der Waals surface area contributed by atoms with Gasteiger partial charge in [-0.25, -0.2) is 4.39 Å². The van der Waals surface area contributed by atoms with Gasteiger partial charge in [0.05, 0.1) is 5.56 Å². The van der Waals surface area contributed by atoms with E-state index in [4.69, 9.17) is 4.52 Å². The van der Waals surface area contributed by atoms with Gasteiger partial charge < -0.3 is 9.63 Å². The number of nitrogens with zero attached hydrogens (tertiary/aromatic N) is 3. The third kappa shape index (κ3) is 2.15. The Morgan fingerprint density at radius 3 is 2.84 bits per heavy atom. The van der Waals surface area contributed by atoms with Crippen LogP contribution in [-0.4, -0.2) is 20.2 Å². The maximum atomic E-state index is 12.9. The van der Waals surface area contributed by atoms with Crippen molar-refractivity contribution >= 4 is 0 Å². The average Bonchev–Trinajstić information content (AvgIpc) is 2.89. The smallest absolute Gasteiger partial charge is 0.262 e. The Balaban J connectivity index is 2.02. The van der Waals surface area contributed by atoms with Crippen molar-refractivity contribution in [1.29, 1.82) is 0 Å². The molecule has 0 bridgehead atoms. The minimum absolute atomic E-state index is 0.122. The molecule has 0 saturated heterocycles. The van der Waals surface area contributed by atoms with Gasteiger partial charge in [-0.15, -0.1) is 0 Å². The van der Waals surface area contributed by atoms with Crippen LogP contribution in [0.3, 0.4) is 0 Å². The molecule has 2 heterocycles. The molecule has 0 fully saturated rings. The zero-order chi connectivity index (χ0) is 13.2. The molecular formula is C13H8FN3O2. The van der Waals surface area contributed by atoms with Crippen LogP contribution < -0.4 is 0 Å². The minimum Gasteiger partial charge on any atom is -0.507 e. The lowest BCUT2D eigenvalue weighted by Crippen LogP contribution is -1.83. The number of rotatable bonds is 2. The molecular weight excluding hydrogens is 249 g/mol. The van der Waals surface area contributed by atoms with E-state index in [1.807, 2.05) is 0 Å². The van der Waals surface area contributed by atoms with Gasteiger partial charge in [0.2, 0.25) is 5.82 Å². The van der Waals surface area contributed by atoms with Gasteiger partial charge >= 0.3 is 0 Å². The van der Waals surface area contributed by atoms with Crippen molar-refractivity contribution in [2.75, 3.05) is 0 Å². The second-order valence-corrected chi connectivity index (χ2v) is 3.83. The number of benzene rings is 1. The highest BCUT2D eigenvalue weighted by Crippen LogP contribution is 2.29. The number of pyridine rings is 1. The maximum absolute atomic E-state index is 12.9. The summed E-state index contributed by atoms with van der Waals surface area (Å²) in [4.78, 5) is 8.09. The second kappa shape index (κ2) is 4.49. The van der Waals surface area contributed by atoms with Crippen LogP contribution in [0.15, 0.2) is 47.2 Å². The fourth-order valence-electron chi connectivity index (χ4n) is 1.63. The summed E-state index contributed by atoms with van der Waals surface area (Å²) in [6.07, 6.45) is 3.23. The lowest BCUT2D eigenvalue weighted by atomic mass is 10.2. The van der Waals surface area contributed by atoms with E-state index in [1.165, 1.54) is 12.1 Å². The van der Waals surface area contributed by atoms with Crippen molar-refractivity contribution in [2.24, 2.45) is 0 Å². The molecule has 0 aliphatic rings. The highest BCUT2D eigenvalue weighted by Gasteiger charge is 2.14. The van der Waals surface area contributed by atoms with Gasteiger partial charge in [-0.05, 0) is 24.3 Å². The summed E-state index contributed by atoms with van der Waals surface area (Å²) in [7, 11) is 0. The fourth-order valence-corrected chi connectivity index (χ4v) is 1.63. The molecule has 0 aliphatic heterocycles. The van der Waals surface area contributed by atoms with E-state index in [0.717, 1.165) is 6.07 Å². The molecule has 0 saturated carbocycles. The first kappa shape index (κ1) is 11.3. The number of phenols is 1. The Hall–Kier alpha value is -2.76. The molecule has 6 heteroatoms. The summed E-state index contributed by atoms with van der Waals surface area (Å²) in [5.41, 5.74) is 0.975. The Morgan fingerprint density at radius 1 is 1.21 bits per heavy atom. The van der Waals surface area contributed by atoms with Crippen LogP contribution in [-0.2, 0) is 0 Å². The molecule has 1 aromatic carbocycles. The number of hydrogen-bond donors (Lipinski definition) is 1. The summed E-state index contributed by atoms with van der Waals surface area (Å²) < 4.78 is 18.0. The van der Waals surface area contributed by atoms with Crippen molar-refractivity contribution < 1.29 is 14.0 Å². The van der Waals surface area contributed by atoms with Crippen LogP contribution in [0.4, 0.5) is 4.39 Å². The second-order valence-electron chi connectivity index (χ2n) is 3.83. The van der Waals surface area contributed by atoms with Crippen LogP contribution in [0, 0.1) is 5.82 Å². The van der Waals surface area contributed by atoms with Crippen LogP contribution in [0.2, 0.25) is 0 Å². The van der Waals surface area contributed by atoms with E-state index in [9.17, 15) is 9.50 Å². The highest BCUT2D eigenvalue weighted by atomic mass is 19.1. The number of halogens is 1. The quantitative estimate of drug-likeness (QED) is 0.764. The minimum atomic E-state index is -0.534. The fraction of sp³-hybridized carbons (Fsp3) is 0. The van der Waals surface area contributed by atoms with E-state index in [-0.39, 0.29) is 17.2 Å². The summed E-state index contributed by atoms with van der Waals surface area (Å²) in [5, 5.41) is 13.4. The largest absolute Gasteiger partial charge is 0.507 e. The van der Waals surface area contributed by atoms with E-state index in [0.29, 0.717) is 11.4 Å². The molecule has 19 heavy (non-hydrogen) atoms. The first-order chi connectivity index (χ1) is 9.24. The summed E-state index contributed by atoms with van der Waals surface area (Å²) in [5.74, 6) is -0.308. The van der Waals surface area contributed by atoms with Gasteiger partial charge in [-0.1, -0.05) is 5.16 Å². The number of phenolic OH excluding ortho intramolecular Hbond substituents is 1. The molecule has 0 atom stereocenters. The number of hydrogen-bond acceptors (Lipinski definition) is 5. The van der Waals surface area contributed by atoms with Gasteiger partial charge in [0, 0.05) is 24.0 Å². The molecule has 0 spiro atoms. The summed E-state index contributed by atoms with van der Waals surface area (Å²) >= 11 is 0. The molecule has 3 rings (SSSR count). The Bertz CT molecular complexity index is 713. The topological polar surface area (TPSA) is 72.0 Å². The van der Waals surface area contributed by atoms with Crippen LogP contribution in [0.25, 0.3) is 22.8 Å². The SMILES string of the molecule is Oc1cc(F)ccc1-c1nc(-c2cccnc2)no1. The lowest BCUT2D eigenvalue weighted by molar-refractivity contribution is 0.425. The lowest BCUT2D eigenvalue weighted by Gasteiger charge is -1.98. The molecule has 0 amide bonds. The standard InChI is InChI=1S/C13H8FN3O2/c14-9-3-4-10(11(18)6-9)13-16-12(17-19-13)8-2-1-5-15-7-8/h1-7,18H. The van der Waals surface area contributed by atoms with Gasteiger partial charge in [0.25, 0.3) is 5.89 Å². The van der Waals surface area contributed by atoms with E-state index in [1.54, 1.807) is 24.5 Å². The molecule has 0 unspecified atom stereocenters. The average molecular weight is 257 g/mol. The molecule has 5 nitrogen and oxygen atoms in total. The van der Waals surface area contributed by atoms with Crippen molar-refractivity contribution in [1.82, 2.24) is 15.1 Å². The van der Waals surface area contributed by atoms with Gasteiger partial charge in [0.15, 0.2) is 0 Å². The number of aromatic hydroxyl groups is 1. The molecule has 94 valence electrons. The number of aromatic nitrogens is 3. The van der Waals surface area contributed by atoms with Crippen molar-refractivity contribution in [2.45, 2.75) is 0 Å². The van der Waals surface area contributed by atoms with Gasteiger partial charge in [-0.3, -0.25) is 4.98 Å². The van der Waals surface area contributed by atoms with Crippen molar-refractivity contribution in [3.8, 4) is 28.6 Å². The van der Waals surface area contributed by atoms with Crippen LogP contribution >= 0.6 is 0 Å². The van der Waals surface area contributed by atoms with E-state index >= 15 is 0 Å². The third-order valence-electron chi connectivity index (χ3n) is 2.54. The van der Waals surface area contributed by atoms with E-state index < -0.39 is 5.82 Å². The van der Waals surface area contributed by atoms with Crippen LogP contribution in [0.5, 0.6) is 5.75 Å². The normalized spacial score (nSPS) is 10.6. The molecule has 1 N–H and O–H groups in total. The van der Waals surface area contributed by atoms with E-state index in [2.05, 4.69) is 15.1 Å².